The Kier molecular flexibility index (Phi) is 5.14. The molecule has 0 fully saturated rings. The summed E-state index contributed by atoms with van der Waals surface area (Å²) < 4.78 is 13.8. The molecule has 6 nitrogen and oxygen atoms in total. The Morgan fingerprint density at radius 3 is 2.79 bits per heavy atom. The molecule has 4 heterocycles. The smallest absolute Gasteiger partial charge is 0.181 e. The number of allylic oxidation sites excluding steroid dienone is 5. The predicted molar refractivity (Wildman–Crippen MR) is 130 cm³/mol. The van der Waals surface area contributed by atoms with Crippen LogP contribution in [0, 0.1) is 5.82 Å². The van der Waals surface area contributed by atoms with Crippen molar-refractivity contribution in [3.63, 3.8) is 0 Å². The molecule has 4 aromatic heterocycles. The second kappa shape index (κ2) is 8.27. The Bertz CT molecular complexity index is 1570. The van der Waals surface area contributed by atoms with E-state index in [4.69, 9.17) is 0 Å². The van der Waals surface area contributed by atoms with Gasteiger partial charge in [0.05, 0.1) is 10.9 Å². The second-order valence-electron chi connectivity index (χ2n) is 7.63. The lowest BCUT2D eigenvalue weighted by atomic mass is 9.99. The van der Waals surface area contributed by atoms with Crippen LogP contribution in [0.2, 0.25) is 0 Å². The van der Waals surface area contributed by atoms with Crippen molar-refractivity contribution in [3.8, 4) is 22.6 Å². The highest BCUT2D eigenvalue weighted by Gasteiger charge is 2.17. The molecule has 0 saturated heterocycles. The average Bonchev–Trinajstić information content (AvgIpc) is 3.43. The van der Waals surface area contributed by atoms with Crippen LogP contribution in [0.4, 0.5) is 4.39 Å². The van der Waals surface area contributed by atoms with Crippen LogP contribution in [-0.4, -0.2) is 30.1 Å². The van der Waals surface area contributed by atoms with Gasteiger partial charge in [-0.15, -0.1) is 0 Å². The Morgan fingerprint density at radius 1 is 1.12 bits per heavy atom. The van der Waals surface area contributed by atoms with E-state index in [-0.39, 0.29) is 5.82 Å². The van der Waals surface area contributed by atoms with Crippen molar-refractivity contribution < 1.29 is 4.39 Å². The molecule has 0 aliphatic heterocycles. The van der Waals surface area contributed by atoms with Gasteiger partial charge >= 0.3 is 0 Å². The van der Waals surface area contributed by atoms with E-state index in [2.05, 4.69) is 36.7 Å². The number of H-pyrrole nitrogens is 2. The third kappa shape index (κ3) is 3.63. The first kappa shape index (κ1) is 20.5. The van der Waals surface area contributed by atoms with E-state index < -0.39 is 0 Å². The van der Waals surface area contributed by atoms with Crippen molar-refractivity contribution in [3.05, 3.63) is 90.6 Å². The van der Waals surface area contributed by atoms with Gasteiger partial charge in [0.25, 0.3) is 0 Å². The zero-order chi connectivity index (χ0) is 22.9. The SMILES string of the molecule is C=C/C=C(C)\C(=C/C)c1cnc2n[nH]c(-c3nc4nccc(-c5cccc(F)c5)c4[nH]3)c2c1. The normalized spacial score (nSPS) is 12.6. The summed E-state index contributed by atoms with van der Waals surface area (Å²) in [6.07, 6.45) is 9.27. The van der Waals surface area contributed by atoms with Gasteiger partial charge in [0.1, 0.15) is 11.5 Å². The van der Waals surface area contributed by atoms with Crippen molar-refractivity contribution in [2.24, 2.45) is 0 Å². The molecule has 7 heteroatoms. The molecule has 0 saturated carbocycles. The highest BCUT2D eigenvalue weighted by atomic mass is 19.1. The molecule has 0 radical (unpaired) electrons. The largest absolute Gasteiger partial charge is 0.335 e. The number of hydrogen-bond donors (Lipinski definition) is 2. The number of fused-ring (bicyclic) bond motifs is 2. The molecular formula is C26H21FN6. The predicted octanol–water partition coefficient (Wildman–Crippen LogP) is 6.24. The molecule has 0 amide bonds. The number of aromatic nitrogens is 6. The van der Waals surface area contributed by atoms with Crippen LogP contribution < -0.4 is 0 Å². The maximum atomic E-state index is 13.8. The standard InChI is InChI=1S/C26H21FN6/c1-4-7-15(3)19(5-2)17-13-21-23(32-33-24(21)29-14-17)26-30-22-20(10-11-28-25(22)31-26)16-8-6-9-18(27)12-16/h4-14H,1H2,2-3H3,(H,28,30,31)(H,29,32,33)/b15-7-,19-5+. The Labute approximate surface area is 189 Å². The fourth-order valence-electron chi connectivity index (χ4n) is 4.04. The van der Waals surface area contributed by atoms with Crippen molar-refractivity contribution in [2.45, 2.75) is 13.8 Å². The van der Waals surface area contributed by atoms with E-state index in [0.717, 1.165) is 38.7 Å². The monoisotopic (exact) mass is 436 g/mol. The van der Waals surface area contributed by atoms with Crippen LogP contribution in [0.1, 0.15) is 19.4 Å². The number of pyridine rings is 2. The Hall–Kier alpha value is -4.39. The number of halogens is 1. The van der Waals surface area contributed by atoms with Crippen molar-refractivity contribution in [1.29, 1.82) is 0 Å². The summed E-state index contributed by atoms with van der Waals surface area (Å²) in [6, 6.07) is 10.4. The van der Waals surface area contributed by atoms with Gasteiger partial charge in [0.2, 0.25) is 0 Å². The Morgan fingerprint density at radius 2 is 2.00 bits per heavy atom. The first-order valence-electron chi connectivity index (χ1n) is 10.5. The van der Waals surface area contributed by atoms with Crippen LogP contribution in [0.25, 0.3) is 50.4 Å². The minimum atomic E-state index is -0.295. The van der Waals surface area contributed by atoms with Crippen LogP contribution in [0.5, 0.6) is 0 Å². The van der Waals surface area contributed by atoms with Crippen LogP contribution in [0.15, 0.2) is 79.2 Å². The van der Waals surface area contributed by atoms with Crippen molar-refractivity contribution in [2.75, 3.05) is 0 Å². The fraction of sp³-hybridized carbons (Fsp3) is 0.0769. The van der Waals surface area contributed by atoms with Gasteiger partial charge in [-0.05, 0) is 54.8 Å². The molecule has 162 valence electrons. The summed E-state index contributed by atoms with van der Waals surface area (Å²) in [7, 11) is 0. The number of imidazole rings is 1. The third-order valence-electron chi connectivity index (χ3n) is 5.57. The number of aromatic amines is 2. The number of nitrogens with one attached hydrogen (secondary N) is 2. The molecular weight excluding hydrogens is 415 g/mol. The molecule has 0 aliphatic carbocycles. The number of hydrogen-bond acceptors (Lipinski definition) is 4. The molecule has 0 spiro atoms. The van der Waals surface area contributed by atoms with E-state index >= 15 is 0 Å². The van der Waals surface area contributed by atoms with Gasteiger partial charge in [0, 0.05) is 23.5 Å². The van der Waals surface area contributed by atoms with Gasteiger partial charge in [-0.2, -0.15) is 5.10 Å². The van der Waals surface area contributed by atoms with Crippen LogP contribution in [-0.2, 0) is 0 Å². The highest BCUT2D eigenvalue weighted by Crippen LogP contribution is 2.32. The number of nitrogens with zero attached hydrogens (tertiary/aromatic N) is 4. The molecule has 2 N–H and O–H groups in total. The summed E-state index contributed by atoms with van der Waals surface area (Å²) in [5, 5.41) is 8.24. The summed E-state index contributed by atoms with van der Waals surface area (Å²) >= 11 is 0. The molecule has 5 rings (SSSR count). The van der Waals surface area contributed by atoms with Gasteiger partial charge < -0.3 is 4.98 Å². The Balaban J connectivity index is 1.65. The highest BCUT2D eigenvalue weighted by molar-refractivity contribution is 5.96. The van der Waals surface area contributed by atoms with E-state index in [0.29, 0.717) is 22.8 Å². The fourth-order valence-corrected chi connectivity index (χ4v) is 4.04. The molecule has 5 aromatic rings. The van der Waals surface area contributed by atoms with E-state index in [1.807, 2.05) is 50.4 Å². The van der Waals surface area contributed by atoms with Crippen molar-refractivity contribution in [1.82, 2.24) is 30.1 Å². The summed E-state index contributed by atoms with van der Waals surface area (Å²) in [6.45, 7) is 7.82. The lowest BCUT2D eigenvalue weighted by molar-refractivity contribution is 0.628. The van der Waals surface area contributed by atoms with Gasteiger partial charge in [-0.1, -0.05) is 36.9 Å². The molecule has 0 atom stereocenters. The lowest BCUT2D eigenvalue weighted by Gasteiger charge is -2.07. The first-order chi connectivity index (χ1) is 16.1. The van der Waals surface area contributed by atoms with E-state index in [1.54, 1.807) is 18.3 Å². The maximum Gasteiger partial charge on any atom is 0.181 e. The average molecular weight is 436 g/mol. The minimum absolute atomic E-state index is 0.295. The van der Waals surface area contributed by atoms with E-state index in [9.17, 15) is 4.39 Å². The lowest BCUT2D eigenvalue weighted by Crippen LogP contribution is -1.89. The summed E-state index contributed by atoms with van der Waals surface area (Å²) in [4.78, 5) is 16.9. The number of rotatable bonds is 5. The topological polar surface area (TPSA) is 83.1 Å². The molecule has 0 bridgehead atoms. The van der Waals surface area contributed by atoms with Gasteiger partial charge in [-0.3, -0.25) is 5.10 Å². The molecule has 0 aliphatic rings. The van der Waals surface area contributed by atoms with Crippen LogP contribution in [0.3, 0.4) is 0 Å². The van der Waals surface area contributed by atoms with Crippen molar-refractivity contribution >= 4 is 27.8 Å². The van der Waals surface area contributed by atoms with E-state index in [1.165, 1.54) is 12.1 Å². The summed E-state index contributed by atoms with van der Waals surface area (Å²) in [5.74, 6) is 0.291. The minimum Gasteiger partial charge on any atom is -0.335 e. The van der Waals surface area contributed by atoms with Gasteiger partial charge in [0.15, 0.2) is 17.1 Å². The quantitative estimate of drug-likeness (QED) is 0.320. The number of benzene rings is 1. The third-order valence-corrected chi connectivity index (χ3v) is 5.57. The van der Waals surface area contributed by atoms with Crippen LogP contribution >= 0.6 is 0 Å². The zero-order valence-electron chi connectivity index (χ0n) is 18.2. The first-order valence-corrected chi connectivity index (χ1v) is 10.5. The van der Waals surface area contributed by atoms with Gasteiger partial charge in [-0.25, -0.2) is 19.3 Å². The summed E-state index contributed by atoms with van der Waals surface area (Å²) in [5.41, 5.74) is 7.26. The second-order valence-corrected chi connectivity index (χ2v) is 7.63. The molecule has 0 unspecified atom stereocenters. The zero-order valence-corrected chi connectivity index (χ0v) is 18.2. The molecule has 33 heavy (non-hydrogen) atoms. The maximum absolute atomic E-state index is 13.8. The molecule has 1 aromatic carbocycles.